The Kier molecular flexibility index (Phi) is 4.42. The third-order valence-electron chi connectivity index (χ3n) is 3.79. The van der Waals surface area contributed by atoms with Crippen LogP contribution in [0.15, 0.2) is 0 Å². The van der Waals surface area contributed by atoms with Crippen LogP contribution in [-0.4, -0.2) is 37.5 Å². The summed E-state index contributed by atoms with van der Waals surface area (Å²) >= 11 is 0. The fourth-order valence-corrected chi connectivity index (χ4v) is 2.72. The summed E-state index contributed by atoms with van der Waals surface area (Å²) in [5.41, 5.74) is 0. The van der Waals surface area contributed by atoms with Crippen molar-refractivity contribution in [2.75, 3.05) is 26.3 Å². The number of rotatable bonds is 3. The highest BCUT2D eigenvalue weighted by Crippen LogP contribution is 2.25. The number of piperidine rings is 1. The van der Waals surface area contributed by atoms with Crippen molar-refractivity contribution in [2.45, 2.75) is 38.2 Å². The van der Waals surface area contributed by atoms with Crippen LogP contribution in [0.25, 0.3) is 0 Å². The maximum absolute atomic E-state index is 10.1. The molecule has 3 nitrogen and oxygen atoms in total. The molecule has 0 bridgehead atoms. The Labute approximate surface area is 92.2 Å². The van der Waals surface area contributed by atoms with Gasteiger partial charge in [-0.1, -0.05) is 0 Å². The van der Waals surface area contributed by atoms with Crippen LogP contribution in [0.5, 0.6) is 0 Å². The normalized spacial score (nSPS) is 31.4. The second kappa shape index (κ2) is 5.83. The Morgan fingerprint density at radius 2 is 2.07 bits per heavy atom. The molecule has 2 fully saturated rings. The molecule has 2 aliphatic rings. The van der Waals surface area contributed by atoms with E-state index < -0.39 is 0 Å². The SMILES string of the molecule is OC(CC1CCOCC1)C1CCCNC1. The molecule has 2 N–H and O–H groups in total. The largest absolute Gasteiger partial charge is 0.393 e. The van der Waals surface area contributed by atoms with Crippen LogP contribution < -0.4 is 5.32 Å². The number of hydrogen-bond donors (Lipinski definition) is 2. The van der Waals surface area contributed by atoms with Crippen molar-refractivity contribution in [1.29, 1.82) is 0 Å². The lowest BCUT2D eigenvalue weighted by molar-refractivity contribution is 0.0231. The minimum atomic E-state index is -0.0964. The molecular formula is C12H23NO2. The van der Waals surface area contributed by atoms with E-state index >= 15 is 0 Å². The van der Waals surface area contributed by atoms with Crippen molar-refractivity contribution in [3.63, 3.8) is 0 Å². The number of hydrogen-bond acceptors (Lipinski definition) is 3. The lowest BCUT2D eigenvalue weighted by atomic mass is 9.85. The minimum absolute atomic E-state index is 0.0964. The summed E-state index contributed by atoms with van der Waals surface area (Å²) < 4.78 is 5.33. The van der Waals surface area contributed by atoms with Gasteiger partial charge in [-0.15, -0.1) is 0 Å². The Balaban J connectivity index is 1.72. The summed E-state index contributed by atoms with van der Waals surface area (Å²) in [6, 6.07) is 0. The second-order valence-electron chi connectivity index (χ2n) is 4.97. The molecule has 0 aromatic rings. The fourth-order valence-electron chi connectivity index (χ4n) is 2.72. The van der Waals surface area contributed by atoms with E-state index in [1.54, 1.807) is 0 Å². The number of aliphatic hydroxyl groups is 1. The maximum atomic E-state index is 10.1. The zero-order chi connectivity index (χ0) is 10.5. The Morgan fingerprint density at radius 3 is 2.73 bits per heavy atom. The van der Waals surface area contributed by atoms with Gasteiger partial charge in [0.2, 0.25) is 0 Å². The van der Waals surface area contributed by atoms with Crippen molar-refractivity contribution in [3.05, 3.63) is 0 Å². The molecule has 2 unspecified atom stereocenters. The zero-order valence-corrected chi connectivity index (χ0v) is 9.45. The molecule has 0 radical (unpaired) electrons. The van der Waals surface area contributed by atoms with E-state index in [0.717, 1.165) is 45.6 Å². The van der Waals surface area contributed by atoms with Gasteiger partial charge in [0.05, 0.1) is 6.10 Å². The van der Waals surface area contributed by atoms with Gasteiger partial charge in [-0.2, -0.15) is 0 Å². The molecule has 15 heavy (non-hydrogen) atoms. The highest BCUT2D eigenvalue weighted by molar-refractivity contribution is 4.78. The van der Waals surface area contributed by atoms with Crippen molar-refractivity contribution in [2.24, 2.45) is 11.8 Å². The average Bonchev–Trinajstić information content (AvgIpc) is 2.31. The molecule has 0 amide bonds. The number of nitrogens with one attached hydrogen (secondary N) is 1. The van der Waals surface area contributed by atoms with Gasteiger partial charge in [0.1, 0.15) is 0 Å². The van der Waals surface area contributed by atoms with Crippen molar-refractivity contribution in [3.8, 4) is 0 Å². The molecule has 88 valence electrons. The highest BCUT2D eigenvalue weighted by Gasteiger charge is 2.25. The van der Waals surface area contributed by atoms with E-state index in [9.17, 15) is 5.11 Å². The van der Waals surface area contributed by atoms with E-state index in [0.29, 0.717) is 11.8 Å². The second-order valence-corrected chi connectivity index (χ2v) is 4.97. The third kappa shape index (κ3) is 3.44. The fraction of sp³-hybridized carbons (Fsp3) is 1.00. The van der Waals surface area contributed by atoms with Crippen LogP contribution in [0, 0.1) is 11.8 Å². The van der Waals surface area contributed by atoms with Gasteiger partial charge in [0.25, 0.3) is 0 Å². The lowest BCUT2D eigenvalue weighted by Gasteiger charge is -2.31. The predicted molar refractivity (Wildman–Crippen MR) is 59.8 cm³/mol. The van der Waals surface area contributed by atoms with Crippen molar-refractivity contribution >= 4 is 0 Å². The molecule has 3 heteroatoms. The van der Waals surface area contributed by atoms with Gasteiger partial charge in [-0.05, 0) is 50.5 Å². The van der Waals surface area contributed by atoms with Crippen molar-refractivity contribution in [1.82, 2.24) is 5.32 Å². The monoisotopic (exact) mass is 213 g/mol. The van der Waals surface area contributed by atoms with Gasteiger partial charge in [-0.25, -0.2) is 0 Å². The maximum Gasteiger partial charge on any atom is 0.0583 e. The third-order valence-corrected chi connectivity index (χ3v) is 3.79. The van der Waals surface area contributed by atoms with Crippen LogP contribution in [0.2, 0.25) is 0 Å². The molecule has 2 aliphatic heterocycles. The highest BCUT2D eigenvalue weighted by atomic mass is 16.5. The molecule has 2 rings (SSSR count). The average molecular weight is 213 g/mol. The first-order valence-electron chi connectivity index (χ1n) is 6.33. The predicted octanol–water partition coefficient (Wildman–Crippen LogP) is 1.16. The summed E-state index contributed by atoms with van der Waals surface area (Å²) in [7, 11) is 0. The van der Waals surface area contributed by atoms with Gasteiger partial charge in [0.15, 0.2) is 0 Å². The first-order valence-corrected chi connectivity index (χ1v) is 6.33. The summed E-state index contributed by atoms with van der Waals surface area (Å²) in [6.07, 6.45) is 5.57. The summed E-state index contributed by atoms with van der Waals surface area (Å²) in [6.45, 7) is 3.91. The molecule has 0 aromatic carbocycles. The number of ether oxygens (including phenoxy) is 1. The van der Waals surface area contributed by atoms with Crippen LogP contribution in [0.1, 0.15) is 32.1 Å². The summed E-state index contributed by atoms with van der Waals surface area (Å²) in [5.74, 6) is 1.18. The standard InChI is InChI=1S/C12H23NO2/c14-12(11-2-1-5-13-9-11)8-10-3-6-15-7-4-10/h10-14H,1-9H2. The Bertz CT molecular complexity index is 174. The van der Waals surface area contributed by atoms with Gasteiger partial charge in [0, 0.05) is 19.8 Å². The molecular weight excluding hydrogens is 190 g/mol. The lowest BCUT2D eigenvalue weighted by Crippen LogP contribution is -2.38. The molecule has 2 saturated heterocycles. The van der Waals surface area contributed by atoms with Gasteiger partial charge in [-0.3, -0.25) is 0 Å². The van der Waals surface area contributed by atoms with Gasteiger partial charge < -0.3 is 15.2 Å². The molecule has 2 atom stereocenters. The van der Waals surface area contributed by atoms with E-state index in [-0.39, 0.29) is 6.10 Å². The first-order chi connectivity index (χ1) is 7.36. The first kappa shape index (κ1) is 11.4. The van der Waals surface area contributed by atoms with E-state index in [2.05, 4.69) is 5.32 Å². The molecule has 0 aliphatic carbocycles. The zero-order valence-electron chi connectivity index (χ0n) is 9.45. The molecule has 2 heterocycles. The minimum Gasteiger partial charge on any atom is -0.393 e. The van der Waals surface area contributed by atoms with Crippen LogP contribution >= 0.6 is 0 Å². The van der Waals surface area contributed by atoms with Gasteiger partial charge >= 0.3 is 0 Å². The van der Waals surface area contributed by atoms with Crippen LogP contribution in [0.4, 0.5) is 0 Å². The van der Waals surface area contributed by atoms with E-state index in [1.807, 2.05) is 0 Å². The van der Waals surface area contributed by atoms with Crippen LogP contribution in [-0.2, 0) is 4.74 Å². The van der Waals surface area contributed by atoms with Crippen LogP contribution in [0.3, 0.4) is 0 Å². The number of aliphatic hydroxyl groups excluding tert-OH is 1. The molecule has 0 spiro atoms. The Hall–Kier alpha value is -0.120. The Morgan fingerprint density at radius 1 is 1.27 bits per heavy atom. The smallest absolute Gasteiger partial charge is 0.0583 e. The topological polar surface area (TPSA) is 41.5 Å². The molecule has 0 aromatic heterocycles. The summed E-state index contributed by atoms with van der Waals surface area (Å²) in [4.78, 5) is 0. The van der Waals surface area contributed by atoms with Crippen molar-refractivity contribution < 1.29 is 9.84 Å². The quantitative estimate of drug-likeness (QED) is 0.739. The van der Waals surface area contributed by atoms with E-state index in [1.165, 1.54) is 12.8 Å². The summed E-state index contributed by atoms with van der Waals surface area (Å²) in [5, 5.41) is 13.5. The van der Waals surface area contributed by atoms with E-state index in [4.69, 9.17) is 4.74 Å². The molecule has 0 saturated carbocycles.